The Labute approximate surface area is 246 Å². The number of hydrogen-bond donors (Lipinski definition) is 2. The fourth-order valence-corrected chi connectivity index (χ4v) is 5.48. The second kappa shape index (κ2) is 12.0. The van der Waals surface area contributed by atoms with Crippen molar-refractivity contribution in [3.63, 3.8) is 0 Å². The van der Waals surface area contributed by atoms with E-state index < -0.39 is 23.5 Å². The van der Waals surface area contributed by atoms with Crippen LogP contribution in [0.4, 0.5) is 13.2 Å². The van der Waals surface area contributed by atoms with Crippen molar-refractivity contribution in [2.75, 3.05) is 7.11 Å². The third kappa shape index (κ3) is 6.23. The first-order chi connectivity index (χ1) is 20.9. The van der Waals surface area contributed by atoms with Crippen LogP contribution in [-0.4, -0.2) is 23.0 Å². The van der Waals surface area contributed by atoms with Crippen LogP contribution in [-0.2, 0) is 11.2 Å². The van der Waals surface area contributed by atoms with Gasteiger partial charge in [-0.15, -0.1) is 0 Å². The molecule has 1 atom stereocenters. The van der Waals surface area contributed by atoms with Gasteiger partial charge in [0.05, 0.1) is 25.3 Å². The number of hydrogen-bond acceptors (Lipinski definition) is 3. The summed E-state index contributed by atoms with van der Waals surface area (Å²) in [6.45, 7) is 0. The Kier molecular flexibility index (Phi) is 7.83. The van der Waals surface area contributed by atoms with E-state index in [0.29, 0.717) is 22.2 Å². The molecule has 2 aromatic heterocycles. The molecule has 2 N–H and O–H groups in total. The fraction of sp³-hybridized carbons (Fsp3) is 0.143. The molecule has 1 amide bonds. The molecule has 1 unspecified atom stereocenters. The molecule has 0 aliphatic heterocycles. The van der Waals surface area contributed by atoms with E-state index in [0.717, 1.165) is 39.2 Å². The third-order valence-electron chi connectivity index (χ3n) is 7.56. The summed E-state index contributed by atoms with van der Waals surface area (Å²) >= 11 is 0. The number of fused-ring (bicyclic) bond motifs is 2. The Hall–Kier alpha value is -5.11. The lowest BCUT2D eigenvalue weighted by molar-refractivity contribution is -0.121. The van der Waals surface area contributed by atoms with Gasteiger partial charge in [0.25, 0.3) is 0 Å². The third-order valence-corrected chi connectivity index (χ3v) is 7.56. The van der Waals surface area contributed by atoms with Gasteiger partial charge in [0.2, 0.25) is 5.91 Å². The van der Waals surface area contributed by atoms with Gasteiger partial charge in [-0.1, -0.05) is 30.3 Å². The highest BCUT2D eigenvalue weighted by Crippen LogP contribution is 2.34. The van der Waals surface area contributed by atoms with Gasteiger partial charge in [0.1, 0.15) is 23.2 Å². The minimum absolute atomic E-state index is 0.0145. The number of halogens is 3. The molecule has 0 saturated heterocycles. The van der Waals surface area contributed by atoms with Gasteiger partial charge in [-0.05, 0) is 82.4 Å². The lowest BCUT2D eigenvalue weighted by atomic mass is 9.93. The number of aromatic nitrogens is 2. The number of methoxy groups -OCH3 is 1. The van der Waals surface area contributed by atoms with Crippen LogP contribution in [0.25, 0.3) is 32.8 Å². The van der Waals surface area contributed by atoms with E-state index in [1.165, 1.54) is 18.2 Å². The van der Waals surface area contributed by atoms with Crippen LogP contribution in [0.2, 0.25) is 0 Å². The normalized spacial score (nSPS) is 14.1. The fourth-order valence-electron chi connectivity index (χ4n) is 5.48. The van der Waals surface area contributed by atoms with Crippen molar-refractivity contribution in [1.29, 1.82) is 0 Å². The molecule has 0 radical (unpaired) electrons. The second-order valence-corrected chi connectivity index (χ2v) is 10.5. The van der Waals surface area contributed by atoms with Gasteiger partial charge in [0, 0.05) is 41.4 Å². The molecule has 6 rings (SSSR count). The van der Waals surface area contributed by atoms with Gasteiger partial charge < -0.3 is 15.0 Å². The number of carbonyl (C=O) groups excluding carboxylic acids is 1. The predicted octanol–water partition coefficient (Wildman–Crippen LogP) is 8.36. The highest BCUT2D eigenvalue weighted by Gasteiger charge is 2.23. The van der Waals surface area contributed by atoms with E-state index in [2.05, 4.69) is 15.3 Å². The Morgan fingerprint density at radius 3 is 2.72 bits per heavy atom. The number of rotatable bonds is 8. The van der Waals surface area contributed by atoms with Crippen molar-refractivity contribution in [2.45, 2.75) is 25.3 Å². The summed E-state index contributed by atoms with van der Waals surface area (Å²) < 4.78 is 47.7. The predicted molar refractivity (Wildman–Crippen MR) is 162 cm³/mol. The molecular formula is C35H28F3N3O2. The van der Waals surface area contributed by atoms with E-state index >= 15 is 0 Å². The molecule has 1 aliphatic rings. The minimum Gasteiger partial charge on any atom is -0.497 e. The number of carbonyl (C=O) groups is 1. The van der Waals surface area contributed by atoms with Gasteiger partial charge in [-0.2, -0.15) is 0 Å². The van der Waals surface area contributed by atoms with Crippen LogP contribution in [0.5, 0.6) is 5.75 Å². The Bertz CT molecular complexity index is 1940. The van der Waals surface area contributed by atoms with E-state index in [4.69, 9.17) is 4.74 Å². The van der Waals surface area contributed by atoms with Crippen LogP contribution in [0.3, 0.4) is 0 Å². The number of nitrogens with zero attached hydrogens (tertiary/aromatic N) is 1. The highest BCUT2D eigenvalue weighted by atomic mass is 19.1. The van der Waals surface area contributed by atoms with Crippen LogP contribution in [0.15, 0.2) is 115 Å². The zero-order valence-electron chi connectivity index (χ0n) is 23.3. The number of pyridine rings is 1. The summed E-state index contributed by atoms with van der Waals surface area (Å²) in [6.07, 6.45) is 7.21. The maximum Gasteiger partial charge on any atom is 0.225 e. The molecule has 0 saturated carbocycles. The summed E-state index contributed by atoms with van der Waals surface area (Å²) in [5.74, 6) is -1.24. The van der Waals surface area contributed by atoms with Crippen molar-refractivity contribution >= 4 is 27.6 Å². The average Bonchev–Trinajstić information content (AvgIpc) is 3.31. The number of aromatic amines is 1. The average molecular weight is 580 g/mol. The number of H-pyrrole nitrogens is 1. The van der Waals surface area contributed by atoms with Crippen molar-refractivity contribution in [1.82, 2.24) is 15.3 Å². The zero-order chi connectivity index (χ0) is 29.9. The number of nitrogens with one attached hydrogen (secondary N) is 2. The molecule has 1 aliphatic carbocycles. The first-order valence-corrected chi connectivity index (χ1v) is 13.9. The van der Waals surface area contributed by atoms with Gasteiger partial charge in [0.15, 0.2) is 0 Å². The Morgan fingerprint density at radius 2 is 1.86 bits per heavy atom. The molecule has 216 valence electrons. The molecule has 0 fully saturated rings. The van der Waals surface area contributed by atoms with Crippen molar-refractivity contribution in [2.24, 2.45) is 0 Å². The van der Waals surface area contributed by atoms with Gasteiger partial charge in [-0.3, -0.25) is 9.78 Å². The van der Waals surface area contributed by atoms with E-state index in [9.17, 15) is 18.0 Å². The summed E-state index contributed by atoms with van der Waals surface area (Å²) in [7, 11) is 1.62. The smallest absolute Gasteiger partial charge is 0.225 e. The molecular weight excluding hydrogens is 551 g/mol. The lowest BCUT2D eigenvalue weighted by Crippen LogP contribution is -2.31. The van der Waals surface area contributed by atoms with Crippen LogP contribution >= 0.6 is 0 Å². The Morgan fingerprint density at radius 1 is 1.02 bits per heavy atom. The summed E-state index contributed by atoms with van der Waals surface area (Å²) in [4.78, 5) is 21.2. The van der Waals surface area contributed by atoms with Crippen LogP contribution < -0.4 is 10.1 Å². The quantitative estimate of drug-likeness (QED) is 0.194. The maximum absolute atomic E-state index is 14.4. The first kappa shape index (κ1) is 28.0. The maximum atomic E-state index is 14.4. The largest absolute Gasteiger partial charge is 0.497 e. The summed E-state index contributed by atoms with van der Waals surface area (Å²) in [6, 6.07) is 19.3. The topological polar surface area (TPSA) is 67.0 Å². The monoisotopic (exact) mass is 579 g/mol. The zero-order valence-corrected chi connectivity index (χ0v) is 23.3. The SMILES string of the molecule is COc1ccc2cc(-c3cccnc3C(CC3=CCC(F)=CC(F)=C3)NC(=O)Cc3c[nH]c4ccc(F)cc34)ccc2c1. The highest BCUT2D eigenvalue weighted by molar-refractivity contribution is 5.90. The number of amides is 1. The molecule has 2 heterocycles. The number of allylic oxidation sites excluding steroid dienone is 5. The van der Waals surface area contributed by atoms with Crippen molar-refractivity contribution < 1.29 is 22.7 Å². The molecule has 5 nitrogen and oxygen atoms in total. The van der Waals surface area contributed by atoms with E-state index in [1.54, 1.807) is 31.6 Å². The van der Waals surface area contributed by atoms with Gasteiger partial charge >= 0.3 is 0 Å². The van der Waals surface area contributed by atoms with Gasteiger partial charge in [-0.25, -0.2) is 13.2 Å². The van der Waals surface area contributed by atoms with Crippen LogP contribution in [0.1, 0.15) is 30.1 Å². The molecule has 43 heavy (non-hydrogen) atoms. The summed E-state index contributed by atoms with van der Waals surface area (Å²) in [5, 5.41) is 5.70. The molecule has 8 heteroatoms. The standard InChI is InChI=1S/C35H28F3N3O2/c1-43-29-10-7-22-15-24(6-5-23(22)16-29)30-3-2-12-39-35(30)33(14-21-4-8-26(36)18-28(38)13-21)41-34(42)17-25-20-40-32-11-9-27(37)19-31(25)32/h2-7,9-13,15-16,18-20,33,40H,8,14,17H2,1H3,(H,41,42). The molecule has 5 aromatic rings. The van der Waals surface area contributed by atoms with Crippen molar-refractivity contribution in [3.05, 3.63) is 132 Å². The summed E-state index contributed by atoms with van der Waals surface area (Å²) in [5.41, 5.74) is 4.16. The molecule has 0 spiro atoms. The molecule has 0 bridgehead atoms. The van der Waals surface area contributed by atoms with Crippen LogP contribution in [0, 0.1) is 5.82 Å². The number of ether oxygens (including phenoxy) is 1. The number of benzene rings is 3. The Balaban J connectivity index is 1.36. The first-order valence-electron chi connectivity index (χ1n) is 13.9. The minimum atomic E-state index is -0.696. The molecule has 3 aromatic carbocycles. The van der Waals surface area contributed by atoms with Crippen molar-refractivity contribution in [3.8, 4) is 16.9 Å². The lowest BCUT2D eigenvalue weighted by Gasteiger charge is -2.22. The van der Waals surface area contributed by atoms with E-state index in [-0.39, 0.29) is 25.2 Å². The van der Waals surface area contributed by atoms with E-state index in [1.807, 2.05) is 48.5 Å². The second-order valence-electron chi connectivity index (χ2n) is 10.5.